The maximum atomic E-state index is 4.80. The third-order valence-corrected chi connectivity index (χ3v) is 4.97. The number of fused-ring (bicyclic) bond motifs is 3. The number of aromatic nitrogens is 3. The Hall–Kier alpha value is -1.94. The van der Waals surface area contributed by atoms with Gasteiger partial charge in [-0.25, -0.2) is 4.98 Å². The molecule has 25 heavy (non-hydrogen) atoms. The first-order valence-electron chi connectivity index (χ1n) is 9.56. The second kappa shape index (κ2) is 7.52. The quantitative estimate of drug-likeness (QED) is 0.603. The standard InChI is InChI=1S/C21H31N4/c1-6-7-11-23-15-19-20(24-12-9-8-10-21(24)22-19)13-18(23)14-25(16(2)3)17(4)5/h8-10,12-13,15-17H,6-7,11,14H2,1-5H3/q+1. The number of hydrogen-bond acceptors (Lipinski definition) is 2. The van der Waals surface area contributed by atoms with Crippen LogP contribution in [-0.2, 0) is 13.1 Å². The molecule has 3 heterocycles. The molecule has 4 heteroatoms. The molecule has 0 N–H and O–H groups in total. The zero-order valence-corrected chi connectivity index (χ0v) is 16.2. The van der Waals surface area contributed by atoms with E-state index >= 15 is 0 Å². The molecule has 0 saturated heterocycles. The van der Waals surface area contributed by atoms with Gasteiger partial charge in [-0.2, -0.15) is 4.57 Å². The van der Waals surface area contributed by atoms with E-state index in [0.29, 0.717) is 12.1 Å². The minimum Gasteiger partial charge on any atom is -0.299 e. The summed E-state index contributed by atoms with van der Waals surface area (Å²) in [5.74, 6) is 0. The Morgan fingerprint density at radius 2 is 1.92 bits per heavy atom. The first kappa shape index (κ1) is 17.9. The lowest BCUT2D eigenvalue weighted by molar-refractivity contribution is -0.704. The maximum Gasteiger partial charge on any atom is 0.197 e. The van der Waals surface area contributed by atoms with Crippen LogP contribution in [0.4, 0.5) is 0 Å². The van der Waals surface area contributed by atoms with Crippen molar-refractivity contribution in [1.82, 2.24) is 14.3 Å². The van der Waals surface area contributed by atoms with Crippen LogP contribution in [0.3, 0.4) is 0 Å². The third kappa shape index (κ3) is 3.69. The second-order valence-corrected chi connectivity index (χ2v) is 7.48. The zero-order valence-electron chi connectivity index (χ0n) is 16.2. The van der Waals surface area contributed by atoms with Crippen molar-refractivity contribution in [1.29, 1.82) is 0 Å². The molecule has 3 rings (SSSR count). The highest BCUT2D eigenvalue weighted by molar-refractivity contribution is 5.79. The molecular formula is C21H31N4+. The van der Waals surface area contributed by atoms with E-state index in [4.69, 9.17) is 4.98 Å². The van der Waals surface area contributed by atoms with Gasteiger partial charge in [0, 0.05) is 30.8 Å². The summed E-state index contributed by atoms with van der Waals surface area (Å²) in [6.45, 7) is 13.4. The van der Waals surface area contributed by atoms with Crippen LogP contribution in [-0.4, -0.2) is 26.4 Å². The minimum atomic E-state index is 0.525. The molecular weight excluding hydrogens is 308 g/mol. The summed E-state index contributed by atoms with van der Waals surface area (Å²) in [7, 11) is 0. The van der Waals surface area contributed by atoms with E-state index in [0.717, 1.165) is 24.3 Å². The van der Waals surface area contributed by atoms with Crippen molar-refractivity contribution in [3.8, 4) is 0 Å². The highest BCUT2D eigenvalue weighted by atomic mass is 15.2. The molecule has 0 bridgehead atoms. The van der Waals surface area contributed by atoms with E-state index < -0.39 is 0 Å². The Labute approximate surface area is 151 Å². The lowest BCUT2D eigenvalue weighted by Gasteiger charge is -2.29. The molecule has 0 radical (unpaired) electrons. The number of nitrogens with zero attached hydrogens (tertiary/aromatic N) is 4. The van der Waals surface area contributed by atoms with E-state index in [1.54, 1.807) is 0 Å². The van der Waals surface area contributed by atoms with Gasteiger partial charge in [0.25, 0.3) is 0 Å². The first-order valence-corrected chi connectivity index (χ1v) is 9.56. The fourth-order valence-corrected chi connectivity index (χ4v) is 3.56. The number of pyridine rings is 2. The molecule has 134 valence electrons. The van der Waals surface area contributed by atoms with E-state index in [-0.39, 0.29) is 0 Å². The van der Waals surface area contributed by atoms with Crippen molar-refractivity contribution in [2.45, 2.75) is 72.6 Å². The van der Waals surface area contributed by atoms with E-state index in [9.17, 15) is 0 Å². The molecule has 3 aromatic heterocycles. The monoisotopic (exact) mass is 339 g/mol. The number of hydrogen-bond donors (Lipinski definition) is 0. The van der Waals surface area contributed by atoms with Gasteiger partial charge in [-0.15, -0.1) is 0 Å². The van der Waals surface area contributed by atoms with Gasteiger partial charge in [0.15, 0.2) is 17.4 Å². The lowest BCUT2D eigenvalue weighted by Crippen LogP contribution is -2.44. The van der Waals surface area contributed by atoms with Gasteiger partial charge in [-0.3, -0.25) is 9.30 Å². The molecule has 0 spiro atoms. The predicted octanol–water partition coefficient (Wildman–Crippen LogP) is 4.19. The molecule has 4 nitrogen and oxygen atoms in total. The average Bonchev–Trinajstić information content (AvgIpc) is 2.94. The van der Waals surface area contributed by atoms with Gasteiger partial charge >= 0.3 is 0 Å². The maximum absolute atomic E-state index is 4.80. The third-order valence-electron chi connectivity index (χ3n) is 4.97. The van der Waals surface area contributed by atoms with Crippen LogP contribution in [0.15, 0.2) is 36.7 Å². The Morgan fingerprint density at radius 1 is 1.16 bits per heavy atom. The highest BCUT2D eigenvalue weighted by Gasteiger charge is 2.22. The highest BCUT2D eigenvalue weighted by Crippen LogP contribution is 2.18. The first-order chi connectivity index (χ1) is 12.0. The minimum absolute atomic E-state index is 0.525. The largest absolute Gasteiger partial charge is 0.299 e. The van der Waals surface area contributed by atoms with Crippen molar-refractivity contribution >= 4 is 16.7 Å². The summed E-state index contributed by atoms with van der Waals surface area (Å²) >= 11 is 0. The summed E-state index contributed by atoms with van der Waals surface area (Å²) in [6, 6.07) is 9.58. The number of rotatable bonds is 7. The second-order valence-electron chi connectivity index (χ2n) is 7.48. The van der Waals surface area contributed by atoms with Crippen LogP contribution in [0.1, 0.15) is 53.2 Å². The fraction of sp³-hybridized carbons (Fsp3) is 0.524. The van der Waals surface area contributed by atoms with Crippen molar-refractivity contribution in [3.05, 3.63) is 42.4 Å². The average molecular weight is 340 g/mol. The molecule has 0 aliphatic heterocycles. The molecule has 0 saturated carbocycles. The molecule has 0 aliphatic rings. The molecule has 0 aromatic carbocycles. The summed E-state index contributed by atoms with van der Waals surface area (Å²) in [4.78, 5) is 7.35. The molecule has 0 atom stereocenters. The van der Waals surface area contributed by atoms with Crippen molar-refractivity contribution in [2.24, 2.45) is 0 Å². The van der Waals surface area contributed by atoms with Gasteiger partial charge in [0.1, 0.15) is 12.2 Å². The predicted molar refractivity (Wildman–Crippen MR) is 104 cm³/mol. The van der Waals surface area contributed by atoms with Crippen LogP contribution in [0.25, 0.3) is 16.7 Å². The van der Waals surface area contributed by atoms with Crippen LogP contribution < -0.4 is 4.57 Å². The van der Waals surface area contributed by atoms with Crippen LogP contribution in [0.5, 0.6) is 0 Å². The summed E-state index contributed by atoms with van der Waals surface area (Å²) in [5, 5.41) is 0. The Balaban J connectivity index is 2.10. The van der Waals surface area contributed by atoms with Crippen LogP contribution >= 0.6 is 0 Å². The van der Waals surface area contributed by atoms with Gasteiger partial charge in [-0.1, -0.05) is 19.4 Å². The molecule has 0 amide bonds. The van der Waals surface area contributed by atoms with Crippen molar-refractivity contribution < 1.29 is 4.57 Å². The number of aryl methyl sites for hydroxylation is 1. The van der Waals surface area contributed by atoms with E-state index in [1.165, 1.54) is 24.1 Å². The Bertz CT molecular complexity index is 840. The number of imidazole rings is 1. The van der Waals surface area contributed by atoms with Gasteiger partial charge in [-0.05, 0) is 39.8 Å². The summed E-state index contributed by atoms with van der Waals surface area (Å²) in [5.41, 5.74) is 4.66. The van der Waals surface area contributed by atoms with E-state index in [2.05, 4.69) is 79.1 Å². The molecule has 0 fully saturated rings. The lowest BCUT2D eigenvalue weighted by atomic mass is 10.2. The van der Waals surface area contributed by atoms with Gasteiger partial charge < -0.3 is 0 Å². The molecule has 3 aromatic rings. The van der Waals surface area contributed by atoms with Crippen molar-refractivity contribution in [3.63, 3.8) is 0 Å². The Kier molecular flexibility index (Phi) is 5.38. The van der Waals surface area contributed by atoms with E-state index in [1.807, 2.05) is 6.07 Å². The summed E-state index contributed by atoms with van der Waals surface area (Å²) in [6.07, 6.45) is 6.74. The molecule has 0 unspecified atom stereocenters. The van der Waals surface area contributed by atoms with Crippen LogP contribution in [0.2, 0.25) is 0 Å². The fourth-order valence-electron chi connectivity index (χ4n) is 3.56. The van der Waals surface area contributed by atoms with Gasteiger partial charge in [0.2, 0.25) is 0 Å². The van der Waals surface area contributed by atoms with Crippen LogP contribution in [0, 0.1) is 0 Å². The SMILES string of the molecule is CCCC[n+]1cc2nc3ccccn3c2cc1CN(C(C)C)C(C)C. The normalized spacial score (nSPS) is 12.3. The molecule has 0 aliphatic carbocycles. The summed E-state index contributed by atoms with van der Waals surface area (Å²) < 4.78 is 4.61. The van der Waals surface area contributed by atoms with Gasteiger partial charge in [0.05, 0.1) is 12.1 Å². The van der Waals surface area contributed by atoms with Crippen molar-refractivity contribution in [2.75, 3.05) is 0 Å². The topological polar surface area (TPSA) is 24.4 Å². The smallest absolute Gasteiger partial charge is 0.197 e. The number of unbranched alkanes of at least 4 members (excludes halogenated alkanes) is 1. The Morgan fingerprint density at radius 3 is 2.60 bits per heavy atom. The zero-order chi connectivity index (χ0) is 18.0.